The highest BCUT2D eigenvalue weighted by Gasteiger charge is 2.29. The van der Waals surface area contributed by atoms with Crippen molar-refractivity contribution in [1.29, 1.82) is 0 Å². The number of anilines is 1. The minimum absolute atomic E-state index is 0.0180. The van der Waals surface area contributed by atoms with E-state index in [0.29, 0.717) is 5.56 Å². The fourth-order valence-corrected chi connectivity index (χ4v) is 3.28. The van der Waals surface area contributed by atoms with Crippen LogP contribution >= 0.6 is 0 Å². The van der Waals surface area contributed by atoms with Gasteiger partial charge < -0.3 is 4.90 Å². The first-order valence-corrected chi connectivity index (χ1v) is 8.50. The molecule has 0 N–H and O–H groups in total. The first-order valence-electron chi connectivity index (χ1n) is 8.50. The van der Waals surface area contributed by atoms with Gasteiger partial charge in [0.1, 0.15) is 5.82 Å². The Kier molecular flexibility index (Phi) is 4.20. The number of carbonyl (C=O) groups excluding carboxylic acids is 1. The summed E-state index contributed by atoms with van der Waals surface area (Å²) in [7, 11) is 0. The first-order chi connectivity index (χ1) is 11.3. The normalized spacial score (nSPS) is 17.5. The SMILES string of the molecule is CC1CCc2cc(F)ccc2N1C(=O)c1ccc(C(C)(C)C)cc1. The van der Waals surface area contributed by atoms with Crippen molar-refractivity contribution in [2.75, 3.05) is 4.90 Å². The van der Waals surface area contributed by atoms with Crippen LogP contribution in [-0.2, 0) is 11.8 Å². The summed E-state index contributed by atoms with van der Waals surface area (Å²) in [6.45, 7) is 8.51. The molecule has 2 aromatic carbocycles. The van der Waals surface area contributed by atoms with Crippen molar-refractivity contribution >= 4 is 11.6 Å². The number of hydrogen-bond acceptors (Lipinski definition) is 1. The summed E-state index contributed by atoms with van der Waals surface area (Å²) >= 11 is 0. The molecule has 1 amide bonds. The summed E-state index contributed by atoms with van der Waals surface area (Å²) in [4.78, 5) is 14.9. The van der Waals surface area contributed by atoms with Gasteiger partial charge in [-0.3, -0.25) is 4.79 Å². The van der Waals surface area contributed by atoms with Crippen LogP contribution in [0.2, 0.25) is 0 Å². The van der Waals surface area contributed by atoms with Gasteiger partial charge in [-0.2, -0.15) is 0 Å². The highest BCUT2D eigenvalue weighted by molar-refractivity contribution is 6.07. The van der Waals surface area contributed by atoms with Crippen molar-refractivity contribution in [3.8, 4) is 0 Å². The number of amides is 1. The number of benzene rings is 2. The van der Waals surface area contributed by atoms with Gasteiger partial charge >= 0.3 is 0 Å². The number of fused-ring (bicyclic) bond motifs is 1. The van der Waals surface area contributed by atoms with Crippen LogP contribution < -0.4 is 4.90 Å². The molecule has 3 heteroatoms. The first kappa shape index (κ1) is 16.7. The van der Waals surface area contributed by atoms with E-state index in [1.807, 2.05) is 36.1 Å². The number of carbonyl (C=O) groups is 1. The molecule has 0 aromatic heterocycles. The molecule has 0 radical (unpaired) electrons. The number of hydrogen-bond donors (Lipinski definition) is 0. The minimum atomic E-state index is -0.245. The second-order valence-electron chi connectivity index (χ2n) is 7.66. The predicted molar refractivity (Wildman–Crippen MR) is 96.1 cm³/mol. The van der Waals surface area contributed by atoms with E-state index in [0.717, 1.165) is 24.1 Å². The van der Waals surface area contributed by atoms with Gasteiger partial charge in [0.05, 0.1) is 0 Å². The molecule has 126 valence electrons. The molecule has 0 saturated carbocycles. The Morgan fingerprint density at radius 2 is 1.79 bits per heavy atom. The Bertz CT molecular complexity index is 758. The number of halogens is 1. The van der Waals surface area contributed by atoms with E-state index in [-0.39, 0.29) is 23.2 Å². The molecule has 3 rings (SSSR count). The molecule has 0 aliphatic carbocycles. The third kappa shape index (κ3) is 3.08. The average molecular weight is 325 g/mol. The Labute approximate surface area is 143 Å². The van der Waals surface area contributed by atoms with E-state index in [2.05, 4.69) is 20.8 Å². The van der Waals surface area contributed by atoms with E-state index >= 15 is 0 Å². The number of aryl methyl sites for hydroxylation is 1. The molecule has 1 aliphatic heterocycles. The third-order valence-corrected chi connectivity index (χ3v) is 4.79. The van der Waals surface area contributed by atoms with E-state index < -0.39 is 0 Å². The Hall–Kier alpha value is -2.16. The lowest BCUT2D eigenvalue weighted by atomic mass is 9.86. The molecule has 24 heavy (non-hydrogen) atoms. The Morgan fingerprint density at radius 1 is 1.12 bits per heavy atom. The quantitative estimate of drug-likeness (QED) is 0.714. The second-order valence-corrected chi connectivity index (χ2v) is 7.66. The average Bonchev–Trinajstić information content (AvgIpc) is 2.54. The third-order valence-electron chi connectivity index (χ3n) is 4.79. The van der Waals surface area contributed by atoms with Crippen molar-refractivity contribution in [3.05, 3.63) is 65.0 Å². The van der Waals surface area contributed by atoms with Crippen LogP contribution in [0, 0.1) is 5.82 Å². The van der Waals surface area contributed by atoms with Crippen LogP contribution in [0.3, 0.4) is 0 Å². The van der Waals surface area contributed by atoms with Crippen LogP contribution in [0.25, 0.3) is 0 Å². The van der Waals surface area contributed by atoms with Gasteiger partial charge in [-0.25, -0.2) is 4.39 Å². The molecule has 1 atom stereocenters. The lowest BCUT2D eigenvalue weighted by molar-refractivity contribution is 0.0975. The standard InChI is InChI=1S/C21H24FNO/c1-14-5-6-16-13-18(22)11-12-19(16)23(14)20(24)15-7-9-17(10-8-15)21(2,3)4/h7-14H,5-6H2,1-4H3. The summed E-state index contributed by atoms with van der Waals surface area (Å²) in [6.07, 6.45) is 1.66. The van der Waals surface area contributed by atoms with E-state index in [4.69, 9.17) is 0 Å². The fourth-order valence-electron chi connectivity index (χ4n) is 3.28. The molecule has 0 spiro atoms. The van der Waals surface area contributed by atoms with Crippen molar-refractivity contribution in [3.63, 3.8) is 0 Å². The van der Waals surface area contributed by atoms with Gasteiger partial charge in [0.2, 0.25) is 0 Å². The van der Waals surface area contributed by atoms with Gasteiger partial charge in [0, 0.05) is 17.3 Å². The van der Waals surface area contributed by atoms with Crippen molar-refractivity contribution < 1.29 is 9.18 Å². The zero-order chi connectivity index (χ0) is 17.5. The Morgan fingerprint density at radius 3 is 2.42 bits per heavy atom. The van der Waals surface area contributed by atoms with E-state index in [9.17, 15) is 9.18 Å². The molecule has 1 heterocycles. The topological polar surface area (TPSA) is 20.3 Å². The lowest BCUT2D eigenvalue weighted by Gasteiger charge is -2.35. The summed E-state index contributed by atoms with van der Waals surface area (Å²) in [5.74, 6) is -0.263. The molecular weight excluding hydrogens is 301 g/mol. The smallest absolute Gasteiger partial charge is 0.258 e. The molecule has 1 aliphatic rings. The molecule has 2 nitrogen and oxygen atoms in total. The number of nitrogens with zero attached hydrogens (tertiary/aromatic N) is 1. The highest BCUT2D eigenvalue weighted by atomic mass is 19.1. The van der Waals surface area contributed by atoms with Gasteiger partial charge in [0.15, 0.2) is 0 Å². The highest BCUT2D eigenvalue weighted by Crippen LogP contribution is 2.33. The van der Waals surface area contributed by atoms with Gasteiger partial charge in [-0.15, -0.1) is 0 Å². The summed E-state index contributed by atoms with van der Waals surface area (Å²) < 4.78 is 13.5. The van der Waals surface area contributed by atoms with Crippen LogP contribution in [0.4, 0.5) is 10.1 Å². The van der Waals surface area contributed by atoms with Crippen LogP contribution in [0.5, 0.6) is 0 Å². The summed E-state index contributed by atoms with van der Waals surface area (Å²) in [6, 6.07) is 12.6. The Balaban J connectivity index is 1.95. The van der Waals surface area contributed by atoms with E-state index in [1.54, 1.807) is 12.1 Å². The minimum Gasteiger partial charge on any atom is -0.305 e. The monoisotopic (exact) mass is 325 g/mol. The fraction of sp³-hybridized carbons (Fsp3) is 0.381. The predicted octanol–water partition coefficient (Wildman–Crippen LogP) is 5.10. The van der Waals surface area contributed by atoms with Gasteiger partial charge in [-0.05, 0) is 66.6 Å². The van der Waals surface area contributed by atoms with E-state index in [1.165, 1.54) is 11.6 Å². The van der Waals surface area contributed by atoms with Crippen LogP contribution in [0.1, 0.15) is 55.6 Å². The zero-order valence-corrected chi connectivity index (χ0v) is 14.8. The maximum atomic E-state index is 13.5. The molecule has 0 fully saturated rings. The van der Waals surface area contributed by atoms with Gasteiger partial charge in [0.25, 0.3) is 5.91 Å². The lowest BCUT2D eigenvalue weighted by Crippen LogP contribution is -2.42. The van der Waals surface area contributed by atoms with Crippen molar-refractivity contribution in [2.24, 2.45) is 0 Å². The molecule has 0 saturated heterocycles. The molecular formula is C21H24FNO. The molecule has 2 aromatic rings. The molecule has 1 unspecified atom stereocenters. The van der Waals surface area contributed by atoms with Crippen molar-refractivity contribution in [2.45, 2.75) is 52.0 Å². The second kappa shape index (κ2) is 6.04. The van der Waals surface area contributed by atoms with Crippen LogP contribution in [-0.4, -0.2) is 11.9 Å². The maximum absolute atomic E-state index is 13.5. The maximum Gasteiger partial charge on any atom is 0.258 e. The zero-order valence-electron chi connectivity index (χ0n) is 14.8. The van der Waals surface area contributed by atoms with Crippen LogP contribution in [0.15, 0.2) is 42.5 Å². The molecule has 0 bridgehead atoms. The summed E-state index contributed by atoms with van der Waals surface area (Å²) in [5, 5.41) is 0. The number of rotatable bonds is 1. The van der Waals surface area contributed by atoms with Crippen molar-refractivity contribution in [1.82, 2.24) is 0 Å². The largest absolute Gasteiger partial charge is 0.305 e. The summed E-state index contributed by atoms with van der Waals surface area (Å²) in [5.41, 5.74) is 3.68. The van der Waals surface area contributed by atoms with Gasteiger partial charge in [-0.1, -0.05) is 32.9 Å².